The third kappa shape index (κ3) is 5.05. The monoisotopic (exact) mass is 457 g/mol. The highest BCUT2D eigenvalue weighted by Crippen LogP contribution is 2.24. The first-order chi connectivity index (χ1) is 15.1. The van der Waals surface area contributed by atoms with E-state index in [0.29, 0.717) is 35.5 Å². The molecule has 0 radical (unpaired) electrons. The van der Waals surface area contributed by atoms with Crippen LogP contribution in [0, 0.1) is 6.92 Å². The summed E-state index contributed by atoms with van der Waals surface area (Å²) in [6.07, 6.45) is 1.91. The van der Waals surface area contributed by atoms with Crippen LogP contribution in [-0.2, 0) is 14.8 Å². The number of ketones is 1. The van der Waals surface area contributed by atoms with E-state index in [9.17, 15) is 22.8 Å². The molecule has 1 N–H and O–H groups in total. The zero-order chi connectivity index (χ0) is 23.5. The molecule has 0 bridgehead atoms. The third-order valence-electron chi connectivity index (χ3n) is 5.50. The van der Waals surface area contributed by atoms with Crippen molar-refractivity contribution in [2.45, 2.75) is 31.6 Å². The van der Waals surface area contributed by atoms with Crippen LogP contribution in [0.15, 0.2) is 47.4 Å². The van der Waals surface area contributed by atoms with E-state index in [1.165, 1.54) is 38.2 Å². The van der Waals surface area contributed by atoms with Gasteiger partial charge < -0.3 is 10.2 Å². The van der Waals surface area contributed by atoms with Gasteiger partial charge in [0.2, 0.25) is 15.9 Å². The Kier molecular flexibility index (Phi) is 7.10. The average Bonchev–Trinajstić information content (AvgIpc) is 3.29. The number of hydrogen-bond donors (Lipinski definition) is 1. The molecule has 0 atom stereocenters. The highest BCUT2D eigenvalue weighted by atomic mass is 32.2. The Morgan fingerprint density at radius 3 is 2.25 bits per heavy atom. The van der Waals surface area contributed by atoms with E-state index in [1.54, 1.807) is 30.0 Å². The lowest BCUT2D eigenvalue weighted by Gasteiger charge is -2.21. The van der Waals surface area contributed by atoms with Crippen molar-refractivity contribution >= 4 is 33.3 Å². The van der Waals surface area contributed by atoms with E-state index >= 15 is 0 Å². The summed E-state index contributed by atoms with van der Waals surface area (Å²) < 4.78 is 26.6. The van der Waals surface area contributed by atoms with E-state index in [1.807, 2.05) is 0 Å². The van der Waals surface area contributed by atoms with Gasteiger partial charge in [-0.2, -0.15) is 4.31 Å². The molecule has 2 aromatic carbocycles. The van der Waals surface area contributed by atoms with Crippen LogP contribution < -0.4 is 5.32 Å². The molecule has 9 heteroatoms. The fourth-order valence-corrected chi connectivity index (χ4v) is 4.74. The first kappa shape index (κ1) is 23.6. The maximum absolute atomic E-state index is 12.9. The minimum absolute atomic E-state index is 0.0152. The fourth-order valence-electron chi connectivity index (χ4n) is 3.61. The van der Waals surface area contributed by atoms with Crippen LogP contribution in [0.5, 0.6) is 0 Å². The molecule has 1 aliphatic heterocycles. The maximum Gasteiger partial charge on any atom is 0.255 e. The van der Waals surface area contributed by atoms with Crippen LogP contribution in [0.4, 0.5) is 5.69 Å². The van der Waals surface area contributed by atoms with Gasteiger partial charge in [0.05, 0.1) is 22.7 Å². The van der Waals surface area contributed by atoms with Crippen molar-refractivity contribution in [3.63, 3.8) is 0 Å². The summed E-state index contributed by atoms with van der Waals surface area (Å²) in [5.41, 5.74) is 1.91. The van der Waals surface area contributed by atoms with Crippen LogP contribution >= 0.6 is 0 Å². The second-order valence-electron chi connectivity index (χ2n) is 7.89. The second kappa shape index (κ2) is 9.62. The number of sulfonamides is 1. The lowest BCUT2D eigenvalue weighted by Crippen LogP contribution is -2.35. The molecule has 170 valence electrons. The van der Waals surface area contributed by atoms with Gasteiger partial charge in [0, 0.05) is 25.7 Å². The number of anilines is 1. The summed E-state index contributed by atoms with van der Waals surface area (Å²) in [7, 11) is -2.62. The van der Waals surface area contributed by atoms with E-state index in [-0.39, 0.29) is 16.6 Å². The van der Waals surface area contributed by atoms with E-state index in [0.717, 1.165) is 17.1 Å². The van der Waals surface area contributed by atoms with Gasteiger partial charge >= 0.3 is 0 Å². The summed E-state index contributed by atoms with van der Waals surface area (Å²) in [5, 5.41) is 2.72. The van der Waals surface area contributed by atoms with Crippen molar-refractivity contribution in [1.82, 2.24) is 9.21 Å². The van der Waals surface area contributed by atoms with Gasteiger partial charge in [-0.05, 0) is 50.5 Å². The molecule has 1 fully saturated rings. The van der Waals surface area contributed by atoms with Gasteiger partial charge in [-0.1, -0.05) is 24.3 Å². The number of amides is 2. The van der Waals surface area contributed by atoms with Crippen molar-refractivity contribution in [3.05, 3.63) is 59.2 Å². The van der Waals surface area contributed by atoms with Crippen LogP contribution in [0.3, 0.4) is 0 Å². The predicted molar refractivity (Wildman–Crippen MR) is 121 cm³/mol. The molecule has 1 aliphatic rings. The van der Waals surface area contributed by atoms with Crippen molar-refractivity contribution in [2.75, 3.05) is 32.0 Å². The number of nitrogens with zero attached hydrogens (tertiary/aromatic N) is 2. The minimum Gasteiger partial charge on any atom is -0.339 e. The van der Waals surface area contributed by atoms with Gasteiger partial charge in [0.15, 0.2) is 5.78 Å². The largest absolute Gasteiger partial charge is 0.339 e. The number of nitrogens with one attached hydrogen (secondary N) is 1. The number of carbonyl (C=O) groups is 3. The zero-order valence-electron chi connectivity index (χ0n) is 18.4. The predicted octanol–water partition coefficient (Wildman–Crippen LogP) is 2.69. The number of hydrogen-bond acceptors (Lipinski definition) is 5. The number of carbonyl (C=O) groups excluding carboxylic acids is 3. The summed E-state index contributed by atoms with van der Waals surface area (Å²) in [5.74, 6) is -0.867. The molecule has 3 rings (SSSR count). The molecule has 0 aromatic heterocycles. The van der Waals surface area contributed by atoms with Gasteiger partial charge in [-0.25, -0.2) is 8.42 Å². The van der Waals surface area contributed by atoms with Gasteiger partial charge in [-0.15, -0.1) is 0 Å². The second-order valence-corrected chi connectivity index (χ2v) is 9.93. The maximum atomic E-state index is 12.9. The average molecular weight is 458 g/mol. The van der Waals surface area contributed by atoms with Crippen LogP contribution in [0.1, 0.15) is 46.0 Å². The van der Waals surface area contributed by atoms with Gasteiger partial charge in [0.25, 0.3) is 5.91 Å². The van der Waals surface area contributed by atoms with Crippen molar-refractivity contribution in [1.29, 1.82) is 0 Å². The summed E-state index contributed by atoms with van der Waals surface area (Å²) in [6, 6.07) is 10.8. The van der Waals surface area contributed by atoms with Gasteiger partial charge in [0.1, 0.15) is 0 Å². The van der Waals surface area contributed by atoms with Crippen molar-refractivity contribution in [3.8, 4) is 0 Å². The first-order valence-corrected chi connectivity index (χ1v) is 11.8. The molecule has 1 heterocycles. The lowest BCUT2D eigenvalue weighted by molar-refractivity contribution is -0.116. The molecule has 8 nitrogen and oxygen atoms in total. The Labute approximate surface area is 188 Å². The molecule has 2 aromatic rings. The normalized spacial score (nSPS) is 13.9. The smallest absolute Gasteiger partial charge is 0.255 e. The minimum atomic E-state index is -3.93. The Bertz CT molecular complexity index is 1140. The van der Waals surface area contributed by atoms with Gasteiger partial charge in [-0.3, -0.25) is 14.4 Å². The van der Waals surface area contributed by atoms with Crippen molar-refractivity contribution < 1.29 is 22.8 Å². The standard InChI is InChI=1S/C23H27N3O5S/c1-16-7-6-8-20(23(29)26-13-4-5-14-26)22(16)24-21(28)15-25(3)32(30,31)19-11-9-18(10-12-19)17(2)27/h6-12H,4-5,13-15H2,1-3H3,(H,24,28). The topological polar surface area (TPSA) is 104 Å². The lowest BCUT2D eigenvalue weighted by atomic mass is 10.1. The molecular formula is C23H27N3O5S. The molecule has 0 spiro atoms. The summed E-state index contributed by atoms with van der Waals surface area (Å²) >= 11 is 0. The van der Waals surface area contributed by atoms with Crippen molar-refractivity contribution in [2.24, 2.45) is 0 Å². The molecule has 0 aliphatic carbocycles. The Balaban J connectivity index is 1.75. The number of aryl methyl sites for hydroxylation is 1. The number of rotatable bonds is 7. The summed E-state index contributed by atoms with van der Waals surface area (Å²) in [4.78, 5) is 38.7. The molecule has 1 saturated heterocycles. The molecule has 0 unspecified atom stereocenters. The first-order valence-electron chi connectivity index (χ1n) is 10.4. The van der Waals surface area contributed by atoms with E-state index in [2.05, 4.69) is 5.32 Å². The van der Waals surface area contributed by atoms with E-state index < -0.39 is 22.5 Å². The van der Waals surface area contributed by atoms with E-state index in [4.69, 9.17) is 0 Å². The molecule has 0 saturated carbocycles. The number of likely N-dealkylation sites (tertiary alicyclic amines) is 1. The summed E-state index contributed by atoms with van der Waals surface area (Å²) in [6.45, 7) is 4.12. The quantitative estimate of drug-likeness (QED) is 0.644. The Morgan fingerprint density at radius 1 is 1.03 bits per heavy atom. The third-order valence-corrected chi connectivity index (χ3v) is 7.31. The van der Waals surface area contributed by atoms with Crippen LogP contribution in [0.2, 0.25) is 0 Å². The Hall–Kier alpha value is -3.04. The van der Waals surface area contributed by atoms with Crippen LogP contribution in [0.25, 0.3) is 0 Å². The highest BCUT2D eigenvalue weighted by Gasteiger charge is 2.26. The number of benzene rings is 2. The number of likely N-dealkylation sites (N-methyl/N-ethyl adjacent to an activating group) is 1. The zero-order valence-corrected chi connectivity index (χ0v) is 19.2. The Morgan fingerprint density at radius 2 is 1.66 bits per heavy atom. The molecule has 32 heavy (non-hydrogen) atoms. The number of para-hydroxylation sites is 1. The highest BCUT2D eigenvalue weighted by molar-refractivity contribution is 7.89. The SMILES string of the molecule is CC(=O)c1ccc(S(=O)(=O)N(C)CC(=O)Nc2c(C)cccc2C(=O)N2CCCC2)cc1. The fraction of sp³-hybridized carbons (Fsp3) is 0.348. The molecular weight excluding hydrogens is 430 g/mol. The number of Topliss-reactive ketones (excluding diaryl/α,β-unsaturated/α-hetero) is 1. The molecule has 2 amide bonds. The van der Waals surface area contributed by atoms with Crippen LogP contribution in [-0.4, -0.2) is 61.9 Å².